The molecule has 0 unspecified atom stereocenters. The minimum absolute atomic E-state index is 0.477. The zero-order chi connectivity index (χ0) is 13.0. The molecule has 0 spiro atoms. The normalized spacial score (nSPS) is 18.9. The van der Waals surface area contributed by atoms with E-state index in [0.29, 0.717) is 0 Å². The van der Waals surface area contributed by atoms with Crippen molar-refractivity contribution in [2.45, 2.75) is 45.6 Å². The Kier molecular flexibility index (Phi) is 4.59. The summed E-state index contributed by atoms with van der Waals surface area (Å²) in [6.45, 7) is 6.30. The first kappa shape index (κ1) is 13.3. The number of piperidine rings is 1. The molecule has 18 heavy (non-hydrogen) atoms. The van der Waals surface area contributed by atoms with E-state index < -0.39 is 6.10 Å². The van der Waals surface area contributed by atoms with Crippen molar-refractivity contribution in [1.82, 2.24) is 4.98 Å². The second kappa shape index (κ2) is 6.19. The third kappa shape index (κ3) is 3.22. The van der Waals surface area contributed by atoms with Gasteiger partial charge in [-0.15, -0.1) is 0 Å². The van der Waals surface area contributed by atoms with Crippen LogP contribution in [0.3, 0.4) is 0 Å². The van der Waals surface area contributed by atoms with Crippen LogP contribution in [0, 0.1) is 5.92 Å². The fourth-order valence-electron chi connectivity index (χ4n) is 2.72. The minimum atomic E-state index is -0.477. The lowest BCUT2D eigenvalue weighted by molar-refractivity contribution is 0.194. The quantitative estimate of drug-likeness (QED) is 0.889. The van der Waals surface area contributed by atoms with Crippen LogP contribution < -0.4 is 4.90 Å². The second-order valence-corrected chi connectivity index (χ2v) is 5.34. The van der Waals surface area contributed by atoms with Gasteiger partial charge in [0.25, 0.3) is 0 Å². The van der Waals surface area contributed by atoms with Crippen LogP contribution in [-0.4, -0.2) is 23.2 Å². The lowest BCUT2D eigenvalue weighted by Crippen LogP contribution is -2.33. The summed E-state index contributed by atoms with van der Waals surface area (Å²) in [7, 11) is 0. The van der Waals surface area contributed by atoms with Crippen LogP contribution >= 0.6 is 0 Å². The van der Waals surface area contributed by atoms with Crippen LogP contribution in [0.25, 0.3) is 0 Å². The Balaban J connectivity index is 1.93. The van der Waals surface area contributed by atoms with E-state index in [1.807, 2.05) is 12.3 Å². The number of aliphatic hydroxyl groups is 1. The highest BCUT2D eigenvalue weighted by atomic mass is 16.3. The summed E-state index contributed by atoms with van der Waals surface area (Å²) in [6, 6.07) is 4.01. The number of nitrogens with zero attached hydrogens (tertiary/aromatic N) is 2. The monoisotopic (exact) mass is 248 g/mol. The summed E-state index contributed by atoms with van der Waals surface area (Å²) in [5, 5.41) is 9.44. The molecule has 1 aromatic heterocycles. The van der Waals surface area contributed by atoms with Gasteiger partial charge in [0, 0.05) is 13.1 Å². The first-order valence-electron chi connectivity index (χ1n) is 7.09. The Labute approximate surface area is 110 Å². The maximum absolute atomic E-state index is 9.44. The highest BCUT2D eigenvalue weighted by Gasteiger charge is 2.18. The van der Waals surface area contributed by atoms with Gasteiger partial charge in [-0.2, -0.15) is 0 Å². The van der Waals surface area contributed by atoms with Crippen molar-refractivity contribution < 1.29 is 5.11 Å². The third-order valence-electron chi connectivity index (χ3n) is 3.88. The smallest absolute Gasteiger partial charge is 0.0931 e. The first-order valence-corrected chi connectivity index (χ1v) is 7.09. The summed E-state index contributed by atoms with van der Waals surface area (Å²) in [6.07, 6.45) is 6.68. The molecule has 1 aliphatic heterocycles. The van der Waals surface area contributed by atoms with Crippen molar-refractivity contribution in [1.29, 1.82) is 0 Å². The van der Waals surface area contributed by atoms with Gasteiger partial charge in [-0.25, -0.2) is 0 Å². The number of hydrogen-bond acceptors (Lipinski definition) is 3. The average molecular weight is 248 g/mol. The Morgan fingerprint density at radius 1 is 1.39 bits per heavy atom. The van der Waals surface area contributed by atoms with Gasteiger partial charge in [0.2, 0.25) is 0 Å². The number of rotatable bonds is 4. The van der Waals surface area contributed by atoms with Crippen LogP contribution in [0.15, 0.2) is 18.3 Å². The van der Waals surface area contributed by atoms with Gasteiger partial charge in [0.05, 0.1) is 23.7 Å². The highest BCUT2D eigenvalue weighted by Crippen LogP contribution is 2.26. The Hall–Kier alpha value is -1.09. The predicted molar refractivity (Wildman–Crippen MR) is 74.7 cm³/mol. The van der Waals surface area contributed by atoms with Gasteiger partial charge in [-0.3, -0.25) is 4.98 Å². The second-order valence-electron chi connectivity index (χ2n) is 5.34. The van der Waals surface area contributed by atoms with Crippen molar-refractivity contribution in [3.8, 4) is 0 Å². The molecule has 1 atom stereocenters. The number of pyridine rings is 1. The van der Waals surface area contributed by atoms with Crippen LogP contribution in [0.1, 0.15) is 51.3 Å². The van der Waals surface area contributed by atoms with Gasteiger partial charge < -0.3 is 10.0 Å². The molecule has 0 radical (unpaired) electrons. The lowest BCUT2D eigenvalue weighted by Gasteiger charge is -2.33. The molecule has 0 aliphatic carbocycles. The van der Waals surface area contributed by atoms with E-state index in [1.54, 1.807) is 6.92 Å². The summed E-state index contributed by atoms with van der Waals surface area (Å²) < 4.78 is 0. The van der Waals surface area contributed by atoms with Crippen molar-refractivity contribution in [2.24, 2.45) is 5.92 Å². The molecule has 1 fully saturated rings. The van der Waals surface area contributed by atoms with Gasteiger partial charge in [0.1, 0.15) is 0 Å². The maximum Gasteiger partial charge on any atom is 0.0931 e. The number of hydrogen-bond donors (Lipinski definition) is 1. The summed E-state index contributed by atoms with van der Waals surface area (Å²) >= 11 is 0. The summed E-state index contributed by atoms with van der Waals surface area (Å²) in [5.74, 6) is 0.913. The third-order valence-corrected chi connectivity index (χ3v) is 3.88. The van der Waals surface area contributed by atoms with Crippen LogP contribution in [0.2, 0.25) is 0 Å². The zero-order valence-corrected chi connectivity index (χ0v) is 11.5. The Bertz CT molecular complexity index is 353. The van der Waals surface area contributed by atoms with Gasteiger partial charge in [0.15, 0.2) is 0 Å². The Morgan fingerprint density at radius 3 is 2.61 bits per heavy atom. The predicted octanol–water partition coefficient (Wildman–Crippen LogP) is 3.15. The standard InChI is InChI=1S/C15H24N2O/c1-3-4-13-7-9-17(10-8-13)14-5-6-15(12(2)18)16-11-14/h5-6,11-13,18H,3-4,7-10H2,1-2H3/t12-/m1/s1. The van der Waals surface area contributed by atoms with E-state index in [0.717, 1.165) is 24.7 Å². The van der Waals surface area contributed by atoms with Crippen molar-refractivity contribution in [3.63, 3.8) is 0 Å². The summed E-state index contributed by atoms with van der Waals surface area (Å²) in [4.78, 5) is 6.72. The lowest BCUT2D eigenvalue weighted by atomic mass is 9.92. The molecular weight excluding hydrogens is 224 g/mol. The topological polar surface area (TPSA) is 36.4 Å². The van der Waals surface area contributed by atoms with Gasteiger partial charge in [-0.1, -0.05) is 19.8 Å². The molecule has 2 heterocycles. The maximum atomic E-state index is 9.44. The molecule has 0 amide bonds. The number of aromatic nitrogens is 1. The van der Waals surface area contributed by atoms with Crippen molar-refractivity contribution in [2.75, 3.05) is 18.0 Å². The molecule has 0 bridgehead atoms. The van der Waals surface area contributed by atoms with Gasteiger partial charge >= 0.3 is 0 Å². The first-order chi connectivity index (χ1) is 8.70. The fraction of sp³-hybridized carbons (Fsp3) is 0.667. The molecule has 1 aliphatic rings. The summed E-state index contributed by atoms with van der Waals surface area (Å²) in [5.41, 5.74) is 1.94. The van der Waals surface area contributed by atoms with Crippen molar-refractivity contribution in [3.05, 3.63) is 24.0 Å². The number of aliphatic hydroxyl groups excluding tert-OH is 1. The van der Waals surface area contributed by atoms with E-state index >= 15 is 0 Å². The molecule has 3 nitrogen and oxygen atoms in total. The molecule has 1 aromatic rings. The molecule has 0 aromatic carbocycles. The van der Waals surface area contributed by atoms with Gasteiger partial charge in [-0.05, 0) is 37.8 Å². The fourth-order valence-corrected chi connectivity index (χ4v) is 2.72. The van der Waals surface area contributed by atoms with E-state index in [9.17, 15) is 5.11 Å². The molecule has 100 valence electrons. The average Bonchev–Trinajstić information content (AvgIpc) is 2.40. The SMILES string of the molecule is CCCC1CCN(c2ccc([C@@H](C)O)nc2)CC1. The van der Waals surface area contributed by atoms with E-state index in [2.05, 4.69) is 22.9 Å². The van der Waals surface area contributed by atoms with Crippen LogP contribution in [-0.2, 0) is 0 Å². The molecule has 1 saturated heterocycles. The largest absolute Gasteiger partial charge is 0.387 e. The molecule has 3 heteroatoms. The van der Waals surface area contributed by atoms with Crippen LogP contribution in [0.5, 0.6) is 0 Å². The molecule has 2 rings (SSSR count). The molecule has 0 saturated carbocycles. The van der Waals surface area contributed by atoms with E-state index in [1.165, 1.54) is 31.4 Å². The molecular formula is C15H24N2O. The molecule has 1 N–H and O–H groups in total. The number of anilines is 1. The van der Waals surface area contributed by atoms with E-state index in [4.69, 9.17) is 0 Å². The minimum Gasteiger partial charge on any atom is -0.387 e. The van der Waals surface area contributed by atoms with Crippen LogP contribution in [0.4, 0.5) is 5.69 Å². The van der Waals surface area contributed by atoms with E-state index in [-0.39, 0.29) is 0 Å². The Morgan fingerprint density at radius 2 is 2.11 bits per heavy atom. The van der Waals surface area contributed by atoms with Crippen molar-refractivity contribution >= 4 is 5.69 Å². The zero-order valence-electron chi connectivity index (χ0n) is 11.5. The highest BCUT2D eigenvalue weighted by molar-refractivity contribution is 5.45.